The molecule has 0 unspecified atom stereocenters. The number of carbonyl (C=O) groups excluding carboxylic acids is 2. The van der Waals surface area contributed by atoms with Crippen LogP contribution in [0.25, 0.3) is 22.2 Å². The van der Waals surface area contributed by atoms with Crippen LogP contribution < -0.4 is 14.8 Å². The number of benzene rings is 3. The number of phenols is 1. The molecule has 0 saturated heterocycles. The quantitative estimate of drug-likeness (QED) is 0.216. The highest BCUT2D eigenvalue weighted by Crippen LogP contribution is 2.47. The lowest BCUT2D eigenvalue weighted by atomic mass is 9.81. The second-order valence-electron chi connectivity index (χ2n) is 13.1. The van der Waals surface area contributed by atoms with E-state index in [-0.39, 0.29) is 18.1 Å². The Kier molecular flexibility index (Phi) is 8.49. The van der Waals surface area contributed by atoms with Crippen molar-refractivity contribution in [3.8, 4) is 28.5 Å². The molecule has 45 heavy (non-hydrogen) atoms. The zero-order valence-corrected chi connectivity index (χ0v) is 26.5. The molecular formula is C37H42N2O6. The van der Waals surface area contributed by atoms with Crippen LogP contribution in [-0.4, -0.2) is 46.9 Å². The van der Waals surface area contributed by atoms with E-state index in [4.69, 9.17) is 14.2 Å². The molecule has 1 aliphatic carbocycles. The van der Waals surface area contributed by atoms with E-state index in [0.717, 1.165) is 52.1 Å². The van der Waals surface area contributed by atoms with Crippen molar-refractivity contribution in [1.29, 1.82) is 0 Å². The number of carbonyl (C=O) groups is 2. The zero-order valence-electron chi connectivity index (χ0n) is 26.5. The van der Waals surface area contributed by atoms with Crippen LogP contribution in [0.4, 0.5) is 0 Å². The molecule has 1 fully saturated rings. The second-order valence-corrected chi connectivity index (χ2v) is 13.1. The maximum absolute atomic E-state index is 13.8. The van der Waals surface area contributed by atoms with Gasteiger partial charge in [-0.05, 0) is 87.1 Å². The number of fused-ring (bicyclic) bond motifs is 5. The number of hydrogen-bond acceptors (Lipinski definition) is 6. The smallest absolute Gasteiger partial charge is 0.329 e. The number of aromatic nitrogens is 1. The number of hydrogen-bond donors (Lipinski definition) is 2. The van der Waals surface area contributed by atoms with Gasteiger partial charge in [-0.25, -0.2) is 4.79 Å². The molecule has 1 aliphatic heterocycles. The Morgan fingerprint density at radius 1 is 1.02 bits per heavy atom. The van der Waals surface area contributed by atoms with Gasteiger partial charge in [-0.15, -0.1) is 0 Å². The topological polar surface area (TPSA) is 99.0 Å². The number of rotatable bonds is 7. The number of nitrogens with one attached hydrogen (secondary N) is 1. The fraction of sp³-hybridized carbons (Fsp3) is 0.405. The Hall–Kier alpha value is -4.46. The van der Waals surface area contributed by atoms with Gasteiger partial charge in [0.15, 0.2) is 0 Å². The Balaban J connectivity index is 1.39. The van der Waals surface area contributed by atoms with Gasteiger partial charge in [0.1, 0.15) is 35.5 Å². The van der Waals surface area contributed by atoms with Gasteiger partial charge in [0.05, 0.1) is 19.3 Å². The molecule has 8 nitrogen and oxygen atoms in total. The fourth-order valence-electron chi connectivity index (χ4n) is 6.71. The van der Waals surface area contributed by atoms with E-state index in [1.165, 1.54) is 24.8 Å². The van der Waals surface area contributed by atoms with E-state index in [0.29, 0.717) is 24.6 Å². The number of aromatic hydroxyl groups is 1. The lowest BCUT2D eigenvalue weighted by molar-refractivity contribution is -0.157. The first-order chi connectivity index (χ1) is 21.6. The number of nitrogens with zero attached hydrogens (tertiary/aromatic N) is 1. The van der Waals surface area contributed by atoms with Gasteiger partial charge in [-0.2, -0.15) is 0 Å². The van der Waals surface area contributed by atoms with Crippen LogP contribution in [-0.2, 0) is 22.5 Å². The Morgan fingerprint density at radius 3 is 2.49 bits per heavy atom. The highest BCUT2D eigenvalue weighted by molar-refractivity contribution is 6.02. The monoisotopic (exact) mass is 610 g/mol. The lowest BCUT2D eigenvalue weighted by Gasteiger charge is -2.25. The van der Waals surface area contributed by atoms with Crippen molar-refractivity contribution in [2.45, 2.75) is 83.4 Å². The summed E-state index contributed by atoms with van der Waals surface area (Å²) >= 11 is 0. The summed E-state index contributed by atoms with van der Waals surface area (Å²) in [5, 5.41) is 13.8. The van der Waals surface area contributed by atoms with E-state index < -0.39 is 17.6 Å². The predicted octanol–water partition coefficient (Wildman–Crippen LogP) is 7.15. The summed E-state index contributed by atoms with van der Waals surface area (Å²) in [5.74, 6) is 1.26. The number of ether oxygens (including phenoxy) is 3. The molecule has 0 spiro atoms. The molecule has 2 heterocycles. The van der Waals surface area contributed by atoms with E-state index in [1.807, 2.05) is 24.3 Å². The number of phenolic OH excluding ortho intramolecular Hbond substituents is 1. The van der Waals surface area contributed by atoms with Gasteiger partial charge in [0.2, 0.25) is 0 Å². The Morgan fingerprint density at radius 2 is 1.78 bits per heavy atom. The Labute approximate surface area is 264 Å². The third kappa shape index (κ3) is 6.51. The predicted molar refractivity (Wildman–Crippen MR) is 174 cm³/mol. The molecule has 8 heteroatoms. The molecule has 2 N–H and O–H groups in total. The molecule has 236 valence electrons. The van der Waals surface area contributed by atoms with Crippen molar-refractivity contribution in [2.75, 3.05) is 13.7 Å². The van der Waals surface area contributed by atoms with Crippen molar-refractivity contribution >= 4 is 22.8 Å². The van der Waals surface area contributed by atoms with Crippen molar-refractivity contribution in [1.82, 2.24) is 9.88 Å². The largest absolute Gasteiger partial charge is 0.508 e. The minimum atomic E-state index is -0.908. The SMILES string of the molecule is COc1ccc2c(c1)OCCn1c-2c(C2CCCCC2)c2ccc(C(=O)N[C@@H](Cc3ccc(O)cc3)C(=O)OC(C)(C)C)cc21. The molecule has 4 aromatic rings. The molecule has 1 amide bonds. The van der Waals surface area contributed by atoms with Gasteiger partial charge >= 0.3 is 5.97 Å². The van der Waals surface area contributed by atoms with Crippen LogP contribution in [0, 0.1) is 0 Å². The molecule has 1 saturated carbocycles. The standard InChI is InChI=1S/C37H42N2O6/c1-37(2,3)45-36(42)30(20-23-10-13-26(40)14-11-23)38-35(41)25-12-16-28-31(21-25)39-18-19-44-32-22-27(43-4)15-17-29(32)34(39)33(28)24-8-6-5-7-9-24/h10-17,21-22,24,30,40H,5-9,18-20H2,1-4H3,(H,38,41)/t30-/m0/s1. The maximum atomic E-state index is 13.8. The molecule has 0 radical (unpaired) electrons. The highest BCUT2D eigenvalue weighted by atomic mass is 16.6. The van der Waals surface area contributed by atoms with Crippen molar-refractivity contribution in [3.63, 3.8) is 0 Å². The van der Waals surface area contributed by atoms with Crippen LogP contribution >= 0.6 is 0 Å². The van der Waals surface area contributed by atoms with E-state index >= 15 is 0 Å². The first kappa shape index (κ1) is 30.6. The lowest BCUT2D eigenvalue weighted by Crippen LogP contribution is -2.45. The molecule has 2 aliphatic rings. The third-order valence-corrected chi connectivity index (χ3v) is 8.77. The first-order valence-corrected chi connectivity index (χ1v) is 15.9. The highest BCUT2D eigenvalue weighted by Gasteiger charge is 2.31. The first-order valence-electron chi connectivity index (χ1n) is 15.9. The van der Waals surface area contributed by atoms with E-state index in [2.05, 4.69) is 22.0 Å². The minimum Gasteiger partial charge on any atom is -0.508 e. The minimum absolute atomic E-state index is 0.135. The van der Waals surface area contributed by atoms with Crippen LogP contribution in [0.1, 0.15) is 80.3 Å². The molecule has 1 aromatic heterocycles. The van der Waals surface area contributed by atoms with Gasteiger partial charge in [0.25, 0.3) is 5.91 Å². The average molecular weight is 611 g/mol. The third-order valence-electron chi connectivity index (χ3n) is 8.77. The number of amides is 1. The number of methoxy groups -OCH3 is 1. The molecule has 6 rings (SSSR count). The van der Waals surface area contributed by atoms with Crippen LogP contribution in [0.5, 0.6) is 17.2 Å². The molecule has 3 aromatic carbocycles. The summed E-state index contributed by atoms with van der Waals surface area (Å²) in [4.78, 5) is 27.1. The van der Waals surface area contributed by atoms with Crippen LogP contribution in [0.15, 0.2) is 60.7 Å². The summed E-state index contributed by atoms with van der Waals surface area (Å²) in [7, 11) is 1.66. The van der Waals surface area contributed by atoms with Gasteiger partial charge in [-0.3, -0.25) is 4.79 Å². The summed E-state index contributed by atoms with van der Waals surface area (Å²) in [5.41, 5.74) is 5.06. The summed E-state index contributed by atoms with van der Waals surface area (Å²) in [6, 6.07) is 17.6. The van der Waals surface area contributed by atoms with Gasteiger partial charge < -0.3 is 29.2 Å². The summed E-state index contributed by atoms with van der Waals surface area (Å²) < 4.78 is 19.7. The van der Waals surface area contributed by atoms with Gasteiger partial charge in [0, 0.05) is 34.5 Å². The van der Waals surface area contributed by atoms with Crippen molar-refractivity contribution < 1.29 is 28.9 Å². The fourth-order valence-corrected chi connectivity index (χ4v) is 6.71. The average Bonchev–Trinajstić information content (AvgIpc) is 3.22. The molecular weight excluding hydrogens is 568 g/mol. The molecule has 1 atom stereocenters. The Bertz CT molecular complexity index is 1710. The van der Waals surface area contributed by atoms with Crippen molar-refractivity contribution in [3.05, 3.63) is 77.4 Å². The second kappa shape index (κ2) is 12.5. The number of esters is 1. The molecule has 0 bridgehead atoms. The van der Waals surface area contributed by atoms with Crippen molar-refractivity contribution in [2.24, 2.45) is 0 Å². The zero-order chi connectivity index (χ0) is 31.7. The van der Waals surface area contributed by atoms with Crippen LogP contribution in [0.3, 0.4) is 0 Å². The summed E-state index contributed by atoms with van der Waals surface area (Å²) in [6.07, 6.45) is 6.17. The normalized spacial score (nSPS) is 15.7. The van der Waals surface area contributed by atoms with Gasteiger partial charge in [-0.1, -0.05) is 37.5 Å². The van der Waals surface area contributed by atoms with E-state index in [9.17, 15) is 14.7 Å². The van der Waals surface area contributed by atoms with E-state index in [1.54, 1.807) is 52.1 Å². The summed E-state index contributed by atoms with van der Waals surface area (Å²) in [6.45, 7) is 6.54. The maximum Gasteiger partial charge on any atom is 0.329 e. The van der Waals surface area contributed by atoms with Crippen LogP contribution in [0.2, 0.25) is 0 Å².